The maximum Gasteiger partial charge on any atom is 0.249 e. The van der Waals surface area contributed by atoms with Crippen LogP contribution in [0.1, 0.15) is 13.8 Å². The van der Waals surface area contributed by atoms with Gasteiger partial charge in [0.2, 0.25) is 17.8 Å². The van der Waals surface area contributed by atoms with Crippen molar-refractivity contribution in [1.29, 1.82) is 0 Å². The van der Waals surface area contributed by atoms with Crippen LogP contribution in [0.25, 0.3) is 16.9 Å². The fraction of sp³-hybridized carbons (Fsp3) is 0.320. The lowest BCUT2D eigenvalue weighted by atomic mass is 10.1. The molecule has 0 saturated heterocycles. The molecule has 0 aliphatic rings. The van der Waals surface area contributed by atoms with Gasteiger partial charge in [0, 0.05) is 30.6 Å². The van der Waals surface area contributed by atoms with Crippen LogP contribution < -0.4 is 14.8 Å². The number of hydrogen-bond acceptors (Lipinski definition) is 6. The Morgan fingerprint density at radius 3 is 2.09 bits per heavy atom. The first kappa shape index (κ1) is 24.8. The average Bonchev–Trinajstić information content (AvgIpc) is 3.26. The molecule has 0 unspecified atom stereocenters. The van der Waals surface area contributed by atoms with Crippen LogP contribution in [0.15, 0.2) is 54.7 Å². The molecule has 34 heavy (non-hydrogen) atoms. The number of amides is 2. The average molecular weight is 467 g/mol. The number of carbonyl (C=O) groups is 2. The Hall–Kier alpha value is -3.85. The predicted octanol–water partition coefficient (Wildman–Crippen LogP) is 3.38. The third kappa shape index (κ3) is 5.93. The summed E-state index contributed by atoms with van der Waals surface area (Å²) in [6.07, 6.45) is 1.84. The van der Waals surface area contributed by atoms with Gasteiger partial charge in [-0.3, -0.25) is 19.5 Å². The molecule has 3 aromatic rings. The highest BCUT2D eigenvalue weighted by molar-refractivity contribution is 5.94. The van der Waals surface area contributed by atoms with E-state index in [0.717, 1.165) is 17.0 Å². The third-order valence-corrected chi connectivity index (χ3v) is 5.22. The number of benzene rings is 2. The smallest absolute Gasteiger partial charge is 0.249 e. The number of rotatable bonds is 10. The van der Waals surface area contributed by atoms with E-state index in [4.69, 9.17) is 14.2 Å². The van der Waals surface area contributed by atoms with Gasteiger partial charge in [-0.25, -0.2) is 4.98 Å². The summed E-state index contributed by atoms with van der Waals surface area (Å²) < 4.78 is 17.2. The molecule has 0 aliphatic carbocycles. The summed E-state index contributed by atoms with van der Waals surface area (Å²) in [6, 6.07) is 14.7. The zero-order chi connectivity index (χ0) is 24.7. The Morgan fingerprint density at radius 2 is 1.56 bits per heavy atom. The van der Waals surface area contributed by atoms with Crippen LogP contribution in [0.2, 0.25) is 0 Å². The second kappa shape index (κ2) is 11.3. The molecule has 9 heteroatoms. The van der Waals surface area contributed by atoms with E-state index in [9.17, 15) is 9.59 Å². The van der Waals surface area contributed by atoms with E-state index in [-0.39, 0.29) is 31.0 Å². The van der Waals surface area contributed by atoms with E-state index < -0.39 is 0 Å². The number of methoxy groups -OCH3 is 3. The Bertz CT molecular complexity index is 1110. The lowest BCUT2D eigenvalue weighted by Crippen LogP contribution is -2.44. The number of hydrogen-bond donors (Lipinski definition) is 1. The van der Waals surface area contributed by atoms with Crippen molar-refractivity contribution in [2.24, 2.45) is 0 Å². The maximum absolute atomic E-state index is 12.9. The summed E-state index contributed by atoms with van der Waals surface area (Å²) in [4.78, 5) is 31.4. The van der Waals surface area contributed by atoms with Crippen molar-refractivity contribution in [3.8, 4) is 28.4 Å². The van der Waals surface area contributed by atoms with Gasteiger partial charge in [-0.05, 0) is 62.4 Å². The van der Waals surface area contributed by atoms with Crippen molar-refractivity contribution in [2.45, 2.75) is 19.9 Å². The summed E-state index contributed by atoms with van der Waals surface area (Å²) >= 11 is 0. The third-order valence-electron chi connectivity index (χ3n) is 5.22. The molecule has 0 saturated carbocycles. The molecule has 180 valence electrons. The van der Waals surface area contributed by atoms with Crippen LogP contribution in [0.4, 0.5) is 5.95 Å². The second-order valence-electron chi connectivity index (χ2n) is 7.84. The number of anilines is 1. The zero-order valence-electron chi connectivity index (χ0n) is 20.1. The summed E-state index contributed by atoms with van der Waals surface area (Å²) in [5.41, 5.74) is 2.33. The summed E-state index contributed by atoms with van der Waals surface area (Å²) in [5.74, 6) is 1.17. The molecule has 0 aliphatic heterocycles. The standard InChI is InChI=1S/C25H30N4O5/c1-17(2)28(24(31)16-32-3)15-23(30)27-25-26-22(18-6-10-20(33-4)11-7-18)14-29(25)19-8-12-21(34-5)13-9-19/h6-14,17H,15-16H2,1-5H3,(H,26,27,30). The van der Waals surface area contributed by atoms with E-state index in [1.807, 2.05) is 68.6 Å². The second-order valence-corrected chi connectivity index (χ2v) is 7.84. The van der Waals surface area contributed by atoms with E-state index in [1.165, 1.54) is 12.0 Å². The maximum atomic E-state index is 12.9. The van der Waals surface area contributed by atoms with Gasteiger partial charge in [-0.2, -0.15) is 0 Å². The Morgan fingerprint density at radius 1 is 0.971 bits per heavy atom. The molecular formula is C25H30N4O5. The van der Waals surface area contributed by atoms with Gasteiger partial charge in [-0.1, -0.05) is 0 Å². The number of aromatic nitrogens is 2. The van der Waals surface area contributed by atoms with Gasteiger partial charge < -0.3 is 19.1 Å². The van der Waals surface area contributed by atoms with Crippen LogP contribution in [-0.2, 0) is 14.3 Å². The largest absolute Gasteiger partial charge is 0.497 e. The number of imidazole rings is 1. The number of nitrogens with one attached hydrogen (secondary N) is 1. The van der Waals surface area contributed by atoms with Gasteiger partial charge >= 0.3 is 0 Å². The topological polar surface area (TPSA) is 94.9 Å². The Labute approximate surface area is 199 Å². The molecule has 0 atom stereocenters. The normalized spacial score (nSPS) is 10.8. The molecule has 9 nitrogen and oxygen atoms in total. The quantitative estimate of drug-likeness (QED) is 0.492. The summed E-state index contributed by atoms with van der Waals surface area (Å²) in [7, 11) is 4.66. The Kier molecular flexibility index (Phi) is 8.26. The van der Waals surface area contributed by atoms with Gasteiger partial charge in [0.25, 0.3) is 0 Å². The van der Waals surface area contributed by atoms with E-state index in [1.54, 1.807) is 18.8 Å². The lowest BCUT2D eigenvalue weighted by molar-refractivity contribution is -0.139. The minimum atomic E-state index is -0.361. The monoisotopic (exact) mass is 466 g/mol. The van der Waals surface area contributed by atoms with Gasteiger partial charge in [-0.15, -0.1) is 0 Å². The number of carbonyl (C=O) groups excluding carboxylic acids is 2. The SMILES string of the molecule is COCC(=O)N(CC(=O)Nc1nc(-c2ccc(OC)cc2)cn1-c1ccc(OC)cc1)C(C)C. The van der Waals surface area contributed by atoms with Crippen molar-refractivity contribution in [2.75, 3.05) is 39.8 Å². The van der Waals surface area contributed by atoms with Crippen molar-refractivity contribution < 1.29 is 23.8 Å². The van der Waals surface area contributed by atoms with Crippen LogP contribution >= 0.6 is 0 Å². The molecule has 1 N–H and O–H groups in total. The molecule has 2 aromatic carbocycles. The molecule has 0 bridgehead atoms. The molecule has 3 rings (SSSR count). The molecule has 2 amide bonds. The minimum Gasteiger partial charge on any atom is -0.497 e. The lowest BCUT2D eigenvalue weighted by Gasteiger charge is -2.25. The molecule has 1 aromatic heterocycles. The van der Waals surface area contributed by atoms with Gasteiger partial charge in [0.1, 0.15) is 24.7 Å². The zero-order valence-corrected chi connectivity index (χ0v) is 20.1. The number of nitrogens with zero attached hydrogens (tertiary/aromatic N) is 3. The Balaban J connectivity index is 1.92. The molecular weight excluding hydrogens is 436 g/mol. The van der Waals surface area contributed by atoms with Crippen LogP contribution in [0, 0.1) is 0 Å². The first-order valence-electron chi connectivity index (χ1n) is 10.8. The van der Waals surface area contributed by atoms with E-state index >= 15 is 0 Å². The van der Waals surface area contributed by atoms with Gasteiger partial charge in [0.15, 0.2) is 0 Å². The van der Waals surface area contributed by atoms with Crippen LogP contribution in [0.5, 0.6) is 11.5 Å². The fourth-order valence-corrected chi connectivity index (χ4v) is 3.39. The first-order chi connectivity index (χ1) is 16.4. The summed E-state index contributed by atoms with van der Waals surface area (Å²) in [6.45, 7) is 3.49. The molecule has 0 radical (unpaired) electrons. The van der Waals surface area contributed by atoms with E-state index in [0.29, 0.717) is 17.4 Å². The van der Waals surface area contributed by atoms with Crippen LogP contribution in [-0.4, -0.2) is 66.8 Å². The van der Waals surface area contributed by atoms with Crippen molar-refractivity contribution in [3.05, 3.63) is 54.7 Å². The van der Waals surface area contributed by atoms with Crippen molar-refractivity contribution >= 4 is 17.8 Å². The molecule has 0 spiro atoms. The van der Waals surface area contributed by atoms with Crippen molar-refractivity contribution in [3.63, 3.8) is 0 Å². The first-order valence-corrected chi connectivity index (χ1v) is 10.8. The summed E-state index contributed by atoms with van der Waals surface area (Å²) in [5, 5.41) is 2.85. The molecule has 0 fully saturated rings. The van der Waals surface area contributed by atoms with Crippen molar-refractivity contribution in [1.82, 2.24) is 14.5 Å². The van der Waals surface area contributed by atoms with E-state index in [2.05, 4.69) is 10.3 Å². The van der Waals surface area contributed by atoms with Crippen LogP contribution in [0.3, 0.4) is 0 Å². The highest BCUT2D eigenvalue weighted by Crippen LogP contribution is 2.27. The highest BCUT2D eigenvalue weighted by Gasteiger charge is 2.21. The minimum absolute atomic E-state index is 0.0897. The predicted molar refractivity (Wildman–Crippen MR) is 129 cm³/mol. The highest BCUT2D eigenvalue weighted by atomic mass is 16.5. The number of ether oxygens (including phenoxy) is 3. The fourth-order valence-electron chi connectivity index (χ4n) is 3.39. The molecule has 1 heterocycles. The van der Waals surface area contributed by atoms with Gasteiger partial charge in [0.05, 0.1) is 19.9 Å².